The molecular formula is C10H17N. The molecule has 1 heteroatoms. The van der Waals surface area contributed by atoms with Gasteiger partial charge >= 0.3 is 0 Å². The molecule has 2 heterocycles. The van der Waals surface area contributed by atoms with Gasteiger partial charge in [-0.2, -0.15) is 0 Å². The van der Waals surface area contributed by atoms with E-state index in [4.69, 9.17) is 0 Å². The highest BCUT2D eigenvalue weighted by molar-refractivity contribution is 5.02. The molecule has 2 rings (SSSR count). The van der Waals surface area contributed by atoms with Crippen molar-refractivity contribution >= 4 is 0 Å². The Bertz CT molecular complexity index is 162. The minimum Gasteiger partial charge on any atom is -0.294 e. The number of rotatable bonds is 0. The number of hydrogen-bond acceptors (Lipinski definition) is 1. The van der Waals surface area contributed by atoms with Gasteiger partial charge in [0.15, 0.2) is 0 Å². The summed E-state index contributed by atoms with van der Waals surface area (Å²) in [6, 6.07) is 1.62. The number of nitrogens with zero attached hydrogens (tertiary/aromatic N) is 1. The summed E-state index contributed by atoms with van der Waals surface area (Å²) in [7, 11) is 0. The fraction of sp³-hybridized carbons (Fsp3) is 0.800. The van der Waals surface area contributed by atoms with Gasteiger partial charge in [-0.3, -0.25) is 4.90 Å². The second-order valence-corrected chi connectivity index (χ2v) is 3.80. The van der Waals surface area contributed by atoms with Gasteiger partial charge in [0.25, 0.3) is 0 Å². The van der Waals surface area contributed by atoms with E-state index in [1.165, 1.54) is 32.2 Å². The Balaban J connectivity index is 2.08. The summed E-state index contributed by atoms with van der Waals surface area (Å²) in [5.74, 6) is 0. The summed E-state index contributed by atoms with van der Waals surface area (Å²) in [6.07, 6.45) is 10.2. The molecule has 11 heavy (non-hydrogen) atoms. The van der Waals surface area contributed by atoms with Crippen molar-refractivity contribution in [2.24, 2.45) is 0 Å². The lowest BCUT2D eigenvalue weighted by atomic mass is 9.94. The Morgan fingerprint density at radius 2 is 2.27 bits per heavy atom. The quantitative estimate of drug-likeness (QED) is 0.480. The highest BCUT2D eigenvalue weighted by Gasteiger charge is 2.26. The highest BCUT2D eigenvalue weighted by Crippen LogP contribution is 2.25. The zero-order chi connectivity index (χ0) is 7.68. The smallest absolute Gasteiger partial charge is 0.0281 e. The van der Waals surface area contributed by atoms with E-state index in [2.05, 4.69) is 24.0 Å². The normalized spacial score (nSPS) is 38.6. The van der Waals surface area contributed by atoms with Crippen molar-refractivity contribution in [2.45, 2.75) is 44.7 Å². The molecule has 0 saturated carbocycles. The molecule has 0 N–H and O–H groups in total. The van der Waals surface area contributed by atoms with Crippen LogP contribution in [0.4, 0.5) is 0 Å². The molecule has 0 aliphatic carbocycles. The third-order valence-electron chi connectivity index (χ3n) is 3.03. The first kappa shape index (κ1) is 7.35. The maximum Gasteiger partial charge on any atom is 0.0281 e. The van der Waals surface area contributed by atoms with Crippen LogP contribution in [-0.2, 0) is 0 Å². The Hall–Kier alpha value is -0.300. The molecule has 0 spiro atoms. The molecule has 0 bridgehead atoms. The maximum absolute atomic E-state index is 2.66. The van der Waals surface area contributed by atoms with Gasteiger partial charge in [0, 0.05) is 18.6 Å². The van der Waals surface area contributed by atoms with Crippen LogP contribution in [0, 0.1) is 0 Å². The molecule has 1 nitrogen and oxygen atoms in total. The average Bonchev–Trinajstić information content (AvgIpc) is 2.06. The fourth-order valence-electron chi connectivity index (χ4n) is 2.35. The number of fused-ring (bicyclic) bond motifs is 1. The first-order valence-corrected chi connectivity index (χ1v) is 4.80. The summed E-state index contributed by atoms with van der Waals surface area (Å²) in [5.41, 5.74) is 0. The van der Waals surface area contributed by atoms with Gasteiger partial charge < -0.3 is 0 Å². The van der Waals surface area contributed by atoms with E-state index in [0.29, 0.717) is 0 Å². The summed E-state index contributed by atoms with van der Waals surface area (Å²) < 4.78 is 0. The topological polar surface area (TPSA) is 3.24 Å². The van der Waals surface area contributed by atoms with Crippen molar-refractivity contribution in [1.82, 2.24) is 4.90 Å². The lowest BCUT2D eigenvalue weighted by Gasteiger charge is -2.41. The van der Waals surface area contributed by atoms with Gasteiger partial charge in [0.1, 0.15) is 0 Å². The van der Waals surface area contributed by atoms with Gasteiger partial charge in [-0.25, -0.2) is 0 Å². The van der Waals surface area contributed by atoms with E-state index in [1.807, 2.05) is 0 Å². The summed E-state index contributed by atoms with van der Waals surface area (Å²) in [6.45, 7) is 3.66. The van der Waals surface area contributed by atoms with Crippen LogP contribution >= 0.6 is 0 Å². The highest BCUT2D eigenvalue weighted by atomic mass is 15.2. The van der Waals surface area contributed by atoms with Crippen molar-refractivity contribution in [2.75, 3.05) is 6.54 Å². The van der Waals surface area contributed by atoms with Crippen LogP contribution in [0.3, 0.4) is 0 Å². The second-order valence-electron chi connectivity index (χ2n) is 3.80. The summed E-state index contributed by atoms with van der Waals surface area (Å²) >= 11 is 0. The minimum atomic E-state index is 0.785. The Morgan fingerprint density at radius 3 is 3.09 bits per heavy atom. The Morgan fingerprint density at radius 1 is 1.36 bits per heavy atom. The van der Waals surface area contributed by atoms with E-state index >= 15 is 0 Å². The summed E-state index contributed by atoms with van der Waals surface area (Å²) in [5, 5.41) is 0. The first-order valence-electron chi connectivity index (χ1n) is 4.80. The number of hydrogen-bond donors (Lipinski definition) is 0. The Labute approximate surface area is 69.1 Å². The van der Waals surface area contributed by atoms with Gasteiger partial charge in [-0.05, 0) is 26.2 Å². The van der Waals surface area contributed by atoms with Gasteiger partial charge in [-0.1, -0.05) is 18.6 Å². The molecule has 0 amide bonds. The molecule has 0 radical (unpaired) electrons. The SMILES string of the molecule is C[C@H]1CCCC2C=CCCN21. The number of piperidine rings is 1. The minimum absolute atomic E-state index is 0.785. The van der Waals surface area contributed by atoms with Crippen molar-refractivity contribution in [1.29, 1.82) is 0 Å². The lowest BCUT2D eigenvalue weighted by Crippen LogP contribution is -2.45. The Kier molecular flexibility index (Phi) is 1.99. The second kappa shape index (κ2) is 2.98. The van der Waals surface area contributed by atoms with Gasteiger partial charge in [0.05, 0.1) is 0 Å². The molecule has 0 aromatic carbocycles. The molecule has 2 aliphatic rings. The van der Waals surface area contributed by atoms with Crippen LogP contribution in [0.25, 0.3) is 0 Å². The first-order chi connectivity index (χ1) is 5.38. The predicted molar refractivity (Wildman–Crippen MR) is 47.6 cm³/mol. The third-order valence-corrected chi connectivity index (χ3v) is 3.03. The van der Waals surface area contributed by atoms with Crippen LogP contribution < -0.4 is 0 Å². The zero-order valence-electron chi connectivity index (χ0n) is 7.29. The molecule has 2 atom stereocenters. The standard InChI is InChI=1S/C10H17N/c1-9-5-4-7-10-6-2-3-8-11(9)10/h2,6,9-10H,3-5,7-8H2,1H3/t9-,10?/m0/s1. The van der Waals surface area contributed by atoms with Gasteiger partial charge in [-0.15, -0.1) is 0 Å². The largest absolute Gasteiger partial charge is 0.294 e. The molecule has 1 unspecified atom stereocenters. The monoisotopic (exact) mass is 151 g/mol. The van der Waals surface area contributed by atoms with Crippen LogP contribution in [0.2, 0.25) is 0 Å². The van der Waals surface area contributed by atoms with Crippen LogP contribution in [0.1, 0.15) is 32.6 Å². The van der Waals surface area contributed by atoms with Crippen LogP contribution in [-0.4, -0.2) is 23.5 Å². The lowest BCUT2D eigenvalue weighted by molar-refractivity contribution is 0.115. The van der Waals surface area contributed by atoms with E-state index in [0.717, 1.165) is 12.1 Å². The predicted octanol–water partition coefficient (Wildman–Crippen LogP) is 2.19. The molecule has 1 saturated heterocycles. The van der Waals surface area contributed by atoms with Gasteiger partial charge in [0.2, 0.25) is 0 Å². The van der Waals surface area contributed by atoms with Crippen molar-refractivity contribution in [3.63, 3.8) is 0 Å². The van der Waals surface area contributed by atoms with E-state index < -0.39 is 0 Å². The molecule has 2 aliphatic heterocycles. The van der Waals surface area contributed by atoms with E-state index in [9.17, 15) is 0 Å². The van der Waals surface area contributed by atoms with Crippen molar-refractivity contribution < 1.29 is 0 Å². The third kappa shape index (κ3) is 1.34. The van der Waals surface area contributed by atoms with Crippen LogP contribution in [0.15, 0.2) is 12.2 Å². The zero-order valence-corrected chi connectivity index (χ0v) is 7.29. The molecule has 0 aromatic heterocycles. The van der Waals surface area contributed by atoms with E-state index in [-0.39, 0.29) is 0 Å². The van der Waals surface area contributed by atoms with Crippen molar-refractivity contribution in [3.8, 4) is 0 Å². The maximum atomic E-state index is 2.66. The van der Waals surface area contributed by atoms with Crippen molar-refractivity contribution in [3.05, 3.63) is 12.2 Å². The molecule has 62 valence electrons. The van der Waals surface area contributed by atoms with Crippen LogP contribution in [0.5, 0.6) is 0 Å². The molecular weight excluding hydrogens is 134 g/mol. The summed E-state index contributed by atoms with van der Waals surface area (Å²) in [4.78, 5) is 2.66. The average molecular weight is 151 g/mol. The van der Waals surface area contributed by atoms with E-state index in [1.54, 1.807) is 0 Å². The molecule has 0 aromatic rings. The molecule has 1 fully saturated rings. The fourth-order valence-corrected chi connectivity index (χ4v) is 2.35.